The number of hydrogen-bond donors (Lipinski definition) is 21. The predicted octanol–water partition coefficient (Wildman–Crippen LogP) is -4.99. The zero-order valence-corrected chi connectivity index (χ0v) is 54.3. The van der Waals surface area contributed by atoms with E-state index in [1.54, 1.807) is 12.1 Å². The number of amides is 9. The molecule has 0 unspecified atom stereocenters. The Kier molecular flexibility index (Phi) is 36.9. The molecule has 0 saturated carbocycles. The van der Waals surface area contributed by atoms with Crippen LogP contribution in [0.1, 0.15) is 122 Å². The first-order valence-electron chi connectivity index (χ1n) is 31.3. The van der Waals surface area contributed by atoms with Gasteiger partial charge in [-0.3, -0.25) is 63.1 Å². The third kappa shape index (κ3) is 34.1. The number of phenols is 2. The van der Waals surface area contributed by atoms with E-state index in [0.29, 0.717) is 24.0 Å². The number of rotatable bonds is 45. The second-order valence-corrected chi connectivity index (χ2v) is 23.6. The average molecular weight is 1320 g/mol. The van der Waals surface area contributed by atoms with Gasteiger partial charge in [0.25, 0.3) is 0 Å². The van der Waals surface area contributed by atoms with Crippen molar-refractivity contribution >= 4 is 77.0 Å². The van der Waals surface area contributed by atoms with Crippen LogP contribution in [0.15, 0.2) is 68.5 Å². The number of nitrogens with zero attached hydrogens (tertiary/aromatic N) is 4. The van der Waals surface area contributed by atoms with Crippen LogP contribution < -0.4 is 106 Å². The molecule has 0 aliphatic rings. The van der Waals surface area contributed by atoms with Crippen LogP contribution >= 0.6 is 0 Å². The lowest BCUT2D eigenvalue weighted by Crippen LogP contribution is -2.59. The monoisotopic (exact) mass is 1320 g/mol. The number of benzene rings is 2. The molecule has 0 spiro atoms. The number of hydrogen-bond acceptors (Lipinski definition) is 17. The molecule has 34 heteroatoms. The van der Waals surface area contributed by atoms with Gasteiger partial charge in [0.05, 0.1) is 12.1 Å². The first-order chi connectivity index (χ1) is 44.3. The molecule has 9 amide bonds. The molecule has 2 aromatic carbocycles. The summed E-state index contributed by atoms with van der Waals surface area (Å²) in [6.45, 7) is 7.90. The molecule has 94 heavy (non-hydrogen) atoms. The van der Waals surface area contributed by atoms with Crippen LogP contribution in [0.25, 0.3) is 0 Å². The number of guanidine groups is 4. The molecule has 524 valence electrons. The van der Waals surface area contributed by atoms with E-state index in [-0.39, 0.29) is 163 Å². The van der Waals surface area contributed by atoms with Gasteiger partial charge in [-0.2, -0.15) is 0 Å². The van der Waals surface area contributed by atoms with Gasteiger partial charge in [-0.1, -0.05) is 52.0 Å². The lowest BCUT2D eigenvalue weighted by atomic mass is 10.00. The smallest absolute Gasteiger partial charge is 0.243 e. The number of aromatic hydroxyl groups is 2. The summed E-state index contributed by atoms with van der Waals surface area (Å²) in [7, 11) is 0. The van der Waals surface area contributed by atoms with Gasteiger partial charge in [0.15, 0.2) is 23.8 Å². The molecule has 2 rings (SSSR count). The van der Waals surface area contributed by atoms with Gasteiger partial charge in [0.1, 0.15) is 53.8 Å². The largest absolute Gasteiger partial charge is 0.508 e. The Morgan fingerprint density at radius 3 is 0.989 bits per heavy atom. The Morgan fingerprint density at radius 1 is 0.362 bits per heavy atom. The van der Waals surface area contributed by atoms with Crippen molar-refractivity contribution in [3.63, 3.8) is 0 Å². The van der Waals surface area contributed by atoms with Crippen LogP contribution in [-0.2, 0) is 56.0 Å². The van der Waals surface area contributed by atoms with Gasteiger partial charge in [-0.25, -0.2) is 0 Å². The number of carbonyl (C=O) groups is 9. The Labute approximate surface area is 548 Å². The average Bonchev–Trinajstić information content (AvgIpc) is 0.930. The zero-order chi connectivity index (χ0) is 70.5. The Morgan fingerprint density at radius 2 is 0.649 bits per heavy atom. The van der Waals surface area contributed by atoms with Gasteiger partial charge in [-0.15, -0.1) is 0 Å². The highest BCUT2D eigenvalue weighted by Gasteiger charge is 2.34. The molecule has 0 bridgehead atoms. The summed E-state index contributed by atoms with van der Waals surface area (Å²) < 4.78 is 0. The van der Waals surface area contributed by atoms with E-state index in [0.717, 1.165) is 0 Å². The van der Waals surface area contributed by atoms with E-state index in [4.69, 9.17) is 63.1 Å². The number of aliphatic imine (C=N–C) groups is 4. The first kappa shape index (κ1) is 80.4. The normalized spacial score (nSPS) is 13.9. The number of phenolic OH excluding ortho intramolecular Hbond substituents is 2. The highest BCUT2D eigenvalue weighted by Crippen LogP contribution is 2.16. The third-order valence-corrected chi connectivity index (χ3v) is 14.3. The first-order valence-corrected chi connectivity index (χ1v) is 31.3. The summed E-state index contributed by atoms with van der Waals surface area (Å²) >= 11 is 0. The van der Waals surface area contributed by atoms with Crippen LogP contribution in [-0.4, -0.2) is 174 Å². The zero-order valence-electron chi connectivity index (χ0n) is 54.3. The molecule has 0 aromatic heterocycles. The number of carbonyl (C=O) groups excluding carboxylic acids is 9. The standard InChI is InChI=1S/C60H103N23O11/c1-33(2)29-44(80-49(87)39(61)11-7-25-73-57(64)65)53(91)82-46(31-35-16-20-37(84)21-17-35)55(93)78-42(14-9-27-75-59(68)69)51(89)72-24-6-5-13-41(48(63)86)77-52(90)43(15-10-28-76-60(70)71)79-56(94)47(32-36-18-22-38(85)23-19-36)83-54(92)45(30-34(3)4)81-50(88)40(62)12-8-26-74-58(66)67/h16-23,33-34,39-47,84-85H,5-15,24-32,61-62H2,1-4H3,(H2,63,86)(H,72,89)(H,77,90)(H,78,93)(H,79,94)(H,80,87)(H,81,88)(H,82,91)(H,83,92)(H4,64,65,73)(H4,66,67,74)(H4,68,69,75)(H4,70,71,76)/t39-,40-,41-,42-,43-,44-,45-,46-,47-/m0/s1. The molecule has 0 saturated heterocycles. The highest BCUT2D eigenvalue weighted by molar-refractivity contribution is 5.97. The molecule has 0 aliphatic carbocycles. The quantitative estimate of drug-likeness (QED) is 0.0168. The topological polar surface area (TPSA) is 626 Å². The molecular formula is C60H103N23O11. The van der Waals surface area contributed by atoms with Gasteiger partial charge in [0, 0.05) is 45.6 Å². The van der Waals surface area contributed by atoms with Gasteiger partial charge >= 0.3 is 0 Å². The Hall–Kier alpha value is -9.73. The number of primary amides is 1. The number of nitrogens with one attached hydrogen (secondary N) is 8. The second kappa shape index (κ2) is 43.2. The maximum Gasteiger partial charge on any atom is 0.243 e. The van der Waals surface area contributed by atoms with E-state index in [2.05, 4.69) is 62.5 Å². The summed E-state index contributed by atoms with van der Waals surface area (Å²) in [5.41, 5.74) is 63.0. The third-order valence-electron chi connectivity index (χ3n) is 14.3. The summed E-state index contributed by atoms with van der Waals surface area (Å²) in [6, 6.07) is 0.782. The predicted molar refractivity (Wildman–Crippen MR) is 358 cm³/mol. The summed E-state index contributed by atoms with van der Waals surface area (Å²) in [4.78, 5) is 141. The van der Waals surface area contributed by atoms with E-state index >= 15 is 0 Å². The van der Waals surface area contributed by atoms with Crippen LogP contribution in [0.5, 0.6) is 11.5 Å². The van der Waals surface area contributed by atoms with Crippen LogP contribution in [0, 0.1) is 11.8 Å². The molecule has 0 heterocycles. The van der Waals surface area contributed by atoms with E-state index in [1.807, 2.05) is 27.7 Å². The van der Waals surface area contributed by atoms with Crippen molar-refractivity contribution in [2.45, 2.75) is 178 Å². The molecule has 9 atom stereocenters. The Balaban J connectivity index is 2.36. The second-order valence-electron chi connectivity index (χ2n) is 23.6. The van der Waals surface area contributed by atoms with E-state index in [1.165, 1.54) is 36.4 Å². The number of nitrogens with two attached hydrogens (primary N) is 11. The lowest BCUT2D eigenvalue weighted by molar-refractivity contribution is -0.134. The van der Waals surface area contributed by atoms with Gasteiger partial charge < -0.3 is 116 Å². The summed E-state index contributed by atoms with van der Waals surface area (Å²) in [5, 5.41) is 41.7. The van der Waals surface area contributed by atoms with Crippen LogP contribution in [0.2, 0.25) is 0 Å². The minimum Gasteiger partial charge on any atom is -0.508 e. The molecule has 0 aliphatic heterocycles. The van der Waals surface area contributed by atoms with Crippen LogP contribution in [0.3, 0.4) is 0 Å². The fraction of sp³-hybridized carbons (Fsp3) is 0.583. The maximum atomic E-state index is 14.4. The molecule has 32 N–H and O–H groups in total. The highest BCUT2D eigenvalue weighted by atomic mass is 16.3. The molecular weight excluding hydrogens is 1220 g/mol. The van der Waals surface area contributed by atoms with Crippen molar-refractivity contribution in [3.8, 4) is 11.5 Å². The fourth-order valence-corrected chi connectivity index (χ4v) is 9.42. The minimum absolute atomic E-state index is 0.00790. The van der Waals surface area contributed by atoms with E-state index in [9.17, 15) is 53.4 Å². The van der Waals surface area contributed by atoms with Crippen LogP contribution in [0.4, 0.5) is 0 Å². The number of unbranched alkanes of at least 4 members (excludes halogenated alkanes) is 1. The summed E-state index contributed by atoms with van der Waals surface area (Å²) in [6.07, 6.45) is 1.82. The molecule has 2 aromatic rings. The molecule has 0 fully saturated rings. The molecule has 0 radical (unpaired) electrons. The SMILES string of the molecule is CC(C)C[C@H](NC(=O)[C@@H](N)CCCN=C(N)N)C(=O)N[C@@H](Cc1ccc(O)cc1)C(=O)N[C@@H](CCCN=C(N)N)C(=O)NCCCC[C@H](NC(=O)[C@H](CCCN=C(N)N)NC(=O)[C@H](Cc1ccc(O)cc1)NC(=O)[C@H](CC(C)C)NC(=O)[C@@H](N)CCCN=C(N)N)C(N)=O. The lowest BCUT2D eigenvalue weighted by Gasteiger charge is -2.27. The van der Waals surface area contributed by atoms with Crippen molar-refractivity contribution in [2.75, 3.05) is 32.7 Å². The molecule has 34 nitrogen and oxygen atoms in total. The van der Waals surface area contributed by atoms with Gasteiger partial charge in [-0.05, 0) is 131 Å². The van der Waals surface area contributed by atoms with Gasteiger partial charge in [0.2, 0.25) is 53.2 Å². The van der Waals surface area contributed by atoms with E-state index < -0.39 is 108 Å². The fourth-order valence-electron chi connectivity index (χ4n) is 9.42. The van der Waals surface area contributed by atoms with Crippen molar-refractivity contribution in [2.24, 2.45) is 94.9 Å². The van der Waals surface area contributed by atoms with Crippen molar-refractivity contribution in [1.82, 2.24) is 42.5 Å². The minimum atomic E-state index is -1.38. The summed E-state index contributed by atoms with van der Waals surface area (Å²) in [5.74, 6) is -7.72. The van der Waals surface area contributed by atoms with Crippen molar-refractivity contribution in [1.29, 1.82) is 0 Å². The van der Waals surface area contributed by atoms with Crippen molar-refractivity contribution < 1.29 is 53.4 Å². The Bertz CT molecular complexity index is 2860. The van der Waals surface area contributed by atoms with Crippen molar-refractivity contribution in [3.05, 3.63) is 59.7 Å². The maximum absolute atomic E-state index is 14.4.